The molecular formula is C20H18O4. The zero-order valence-electron chi connectivity index (χ0n) is 13.5. The van der Waals surface area contributed by atoms with Crippen molar-refractivity contribution in [2.24, 2.45) is 0 Å². The molecule has 1 aliphatic rings. The number of fused-ring (bicyclic) bond motifs is 2. The van der Waals surface area contributed by atoms with Crippen molar-refractivity contribution < 1.29 is 13.9 Å². The van der Waals surface area contributed by atoms with E-state index in [1.54, 1.807) is 13.0 Å². The van der Waals surface area contributed by atoms with Gasteiger partial charge in [-0.05, 0) is 55.2 Å². The fourth-order valence-corrected chi connectivity index (χ4v) is 2.58. The Bertz CT molecular complexity index is 913. The van der Waals surface area contributed by atoms with Crippen molar-refractivity contribution in [3.63, 3.8) is 0 Å². The molecule has 0 saturated carbocycles. The molecule has 1 heterocycles. The zero-order chi connectivity index (χ0) is 16.9. The van der Waals surface area contributed by atoms with Crippen LogP contribution in [0.4, 0.5) is 0 Å². The first kappa shape index (κ1) is 16.0. The molecule has 4 nitrogen and oxygen atoms in total. The number of ether oxygens (including phenoxy) is 1. The van der Waals surface area contributed by atoms with Gasteiger partial charge in [0.25, 0.3) is 0 Å². The van der Waals surface area contributed by atoms with Crippen LogP contribution in [0.3, 0.4) is 0 Å². The molecule has 1 aromatic heterocycles. The fourth-order valence-electron chi connectivity index (χ4n) is 2.58. The van der Waals surface area contributed by atoms with Gasteiger partial charge in [0.15, 0.2) is 0 Å². The van der Waals surface area contributed by atoms with Gasteiger partial charge in [-0.25, -0.2) is 9.59 Å². The highest BCUT2D eigenvalue weighted by molar-refractivity contribution is 5.89. The SMILES string of the molecule is CCOC(=O)/C=C/c1cc2cc3c(cc2oc1=O)/C=C\CC/C=C\3. The molecule has 0 unspecified atom stereocenters. The number of rotatable bonds is 3. The zero-order valence-corrected chi connectivity index (χ0v) is 13.5. The molecule has 0 spiro atoms. The van der Waals surface area contributed by atoms with Crippen molar-refractivity contribution in [1.29, 1.82) is 0 Å². The molecule has 0 saturated heterocycles. The van der Waals surface area contributed by atoms with Crippen molar-refractivity contribution in [2.75, 3.05) is 6.61 Å². The highest BCUT2D eigenvalue weighted by Crippen LogP contribution is 2.24. The summed E-state index contributed by atoms with van der Waals surface area (Å²) < 4.78 is 10.2. The third-order valence-electron chi connectivity index (χ3n) is 3.75. The van der Waals surface area contributed by atoms with Crippen molar-refractivity contribution in [3.05, 3.63) is 63.5 Å². The Morgan fingerprint density at radius 2 is 1.88 bits per heavy atom. The maximum absolute atomic E-state index is 12.1. The lowest BCUT2D eigenvalue weighted by molar-refractivity contribution is -0.137. The van der Waals surface area contributed by atoms with Crippen molar-refractivity contribution in [2.45, 2.75) is 19.8 Å². The molecule has 0 aliphatic heterocycles. The molecule has 0 radical (unpaired) electrons. The van der Waals surface area contributed by atoms with Gasteiger partial charge < -0.3 is 9.15 Å². The van der Waals surface area contributed by atoms with Crippen molar-refractivity contribution in [1.82, 2.24) is 0 Å². The van der Waals surface area contributed by atoms with Crippen LogP contribution < -0.4 is 5.63 Å². The number of allylic oxidation sites excluding steroid dienone is 2. The number of benzene rings is 1. The standard InChI is InChI=1S/C20H18O4/c1-2-23-19(21)10-9-16-12-17-11-14-7-5-3-4-6-8-15(14)13-18(17)24-20(16)22/h5-13H,2-4H2,1H3/b7-5-,8-6-,10-9+. The lowest BCUT2D eigenvalue weighted by Crippen LogP contribution is -2.04. The average molecular weight is 322 g/mol. The maximum atomic E-state index is 12.1. The highest BCUT2D eigenvalue weighted by Gasteiger charge is 2.08. The number of carbonyl (C=O) groups is 1. The largest absolute Gasteiger partial charge is 0.463 e. The molecule has 0 fully saturated rings. The molecule has 1 aromatic carbocycles. The maximum Gasteiger partial charge on any atom is 0.343 e. The summed E-state index contributed by atoms with van der Waals surface area (Å²) in [6.07, 6.45) is 13.0. The van der Waals surface area contributed by atoms with E-state index in [-0.39, 0.29) is 0 Å². The van der Waals surface area contributed by atoms with Crippen LogP contribution in [0.5, 0.6) is 0 Å². The summed E-state index contributed by atoms with van der Waals surface area (Å²) in [5.41, 5.74) is 2.48. The predicted molar refractivity (Wildman–Crippen MR) is 95.5 cm³/mol. The second kappa shape index (κ2) is 7.13. The minimum absolute atomic E-state index is 0.293. The van der Waals surface area contributed by atoms with E-state index in [1.165, 1.54) is 12.2 Å². The van der Waals surface area contributed by atoms with E-state index < -0.39 is 11.6 Å². The molecule has 1 aliphatic carbocycles. The first-order valence-electron chi connectivity index (χ1n) is 7.97. The molecule has 4 heteroatoms. The van der Waals surface area contributed by atoms with Crippen LogP contribution in [0.15, 0.2) is 45.6 Å². The average Bonchev–Trinajstić information content (AvgIpc) is 2.53. The minimum atomic E-state index is -0.483. The van der Waals surface area contributed by atoms with Gasteiger partial charge in [0, 0.05) is 11.5 Å². The molecule has 24 heavy (non-hydrogen) atoms. The summed E-state index contributed by atoms with van der Waals surface area (Å²) in [5.74, 6) is -0.483. The second-order valence-electron chi connectivity index (χ2n) is 5.48. The normalized spacial score (nSPS) is 16.4. The molecule has 122 valence electrons. The van der Waals surface area contributed by atoms with Gasteiger partial charge in [-0.15, -0.1) is 0 Å². The summed E-state index contributed by atoms with van der Waals surface area (Å²) in [7, 11) is 0. The minimum Gasteiger partial charge on any atom is -0.463 e. The van der Waals surface area contributed by atoms with Crippen LogP contribution in [-0.4, -0.2) is 12.6 Å². The summed E-state index contributed by atoms with van der Waals surface area (Å²) in [6.45, 7) is 2.02. The van der Waals surface area contributed by atoms with Gasteiger partial charge in [-0.3, -0.25) is 0 Å². The molecule has 0 bridgehead atoms. The van der Waals surface area contributed by atoms with E-state index in [9.17, 15) is 9.59 Å². The number of esters is 1. The van der Waals surface area contributed by atoms with Gasteiger partial charge in [0.05, 0.1) is 12.2 Å². The lowest BCUT2D eigenvalue weighted by Gasteiger charge is -2.07. The van der Waals surface area contributed by atoms with E-state index in [0.29, 0.717) is 17.8 Å². The molecule has 0 atom stereocenters. The van der Waals surface area contributed by atoms with Gasteiger partial charge >= 0.3 is 11.6 Å². The second-order valence-corrected chi connectivity index (χ2v) is 5.48. The summed E-state index contributed by atoms with van der Waals surface area (Å²) in [4.78, 5) is 23.5. The monoisotopic (exact) mass is 322 g/mol. The number of hydrogen-bond donors (Lipinski definition) is 0. The first-order valence-corrected chi connectivity index (χ1v) is 7.97. The Morgan fingerprint density at radius 1 is 1.17 bits per heavy atom. The van der Waals surface area contributed by atoms with Crippen molar-refractivity contribution >= 4 is 35.2 Å². The lowest BCUT2D eigenvalue weighted by atomic mass is 10.00. The molecule has 3 rings (SSSR count). The van der Waals surface area contributed by atoms with Crippen LogP contribution in [0.1, 0.15) is 36.5 Å². The van der Waals surface area contributed by atoms with Crippen LogP contribution in [0, 0.1) is 0 Å². The predicted octanol–water partition coefficient (Wildman–Crippen LogP) is 4.19. The quantitative estimate of drug-likeness (QED) is 0.483. The van der Waals surface area contributed by atoms with Gasteiger partial charge in [0.1, 0.15) is 5.58 Å². The Balaban J connectivity index is 2.05. The Morgan fingerprint density at radius 3 is 2.58 bits per heavy atom. The highest BCUT2D eigenvalue weighted by atomic mass is 16.5. The molecular weight excluding hydrogens is 304 g/mol. The van der Waals surface area contributed by atoms with E-state index in [0.717, 1.165) is 29.4 Å². The van der Waals surface area contributed by atoms with Gasteiger partial charge in [0.2, 0.25) is 0 Å². The molecule has 0 N–H and O–H groups in total. The van der Waals surface area contributed by atoms with E-state index in [2.05, 4.69) is 18.2 Å². The Kier molecular flexibility index (Phi) is 4.75. The van der Waals surface area contributed by atoms with E-state index in [4.69, 9.17) is 9.15 Å². The van der Waals surface area contributed by atoms with Crippen molar-refractivity contribution in [3.8, 4) is 0 Å². The van der Waals surface area contributed by atoms with Gasteiger partial charge in [-0.1, -0.05) is 24.3 Å². The summed E-state index contributed by atoms with van der Waals surface area (Å²) in [5, 5.41) is 0.815. The van der Waals surface area contributed by atoms with E-state index in [1.807, 2.05) is 18.2 Å². The Hall–Kier alpha value is -2.88. The smallest absolute Gasteiger partial charge is 0.343 e. The number of hydrogen-bond acceptors (Lipinski definition) is 4. The van der Waals surface area contributed by atoms with E-state index >= 15 is 0 Å². The number of carbonyl (C=O) groups excluding carboxylic acids is 1. The summed E-state index contributed by atoms with van der Waals surface area (Å²) >= 11 is 0. The molecule has 2 aromatic rings. The third kappa shape index (κ3) is 3.54. The van der Waals surface area contributed by atoms with Crippen LogP contribution in [0.25, 0.3) is 29.2 Å². The summed E-state index contributed by atoms with van der Waals surface area (Å²) in [6, 6.07) is 5.59. The van der Waals surface area contributed by atoms with Crippen LogP contribution in [0.2, 0.25) is 0 Å². The Labute approximate surface area is 139 Å². The van der Waals surface area contributed by atoms with Crippen LogP contribution in [-0.2, 0) is 9.53 Å². The molecule has 0 amide bonds. The van der Waals surface area contributed by atoms with Gasteiger partial charge in [-0.2, -0.15) is 0 Å². The fraction of sp³-hybridized carbons (Fsp3) is 0.200. The topological polar surface area (TPSA) is 56.5 Å². The third-order valence-corrected chi connectivity index (χ3v) is 3.75. The van der Waals surface area contributed by atoms with Crippen LogP contribution >= 0.6 is 0 Å². The first-order chi connectivity index (χ1) is 11.7.